The van der Waals surface area contributed by atoms with Gasteiger partial charge in [0.15, 0.2) is 0 Å². The van der Waals surface area contributed by atoms with Crippen LogP contribution in [0.3, 0.4) is 0 Å². The maximum absolute atomic E-state index is 11.9. The molecule has 0 aromatic carbocycles. The average Bonchev–Trinajstić information content (AvgIpc) is 3.18. The highest BCUT2D eigenvalue weighted by Crippen LogP contribution is 2.22. The van der Waals surface area contributed by atoms with Crippen LogP contribution in [0.5, 0.6) is 0 Å². The first-order valence-electron chi connectivity index (χ1n) is 6.19. The van der Waals surface area contributed by atoms with Gasteiger partial charge in [-0.1, -0.05) is 0 Å². The predicted octanol–water partition coefficient (Wildman–Crippen LogP) is 1.17. The Hall–Kier alpha value is -3.03. The number of aromatic amines is 1. The lowest BCUT2D eigenvalue weighted by Gasteiger charge is -2.11. The van der Waals surface area contributed by atoms with Gasteiger partial charge in [-0.25, -0.2) is 14.4 Å². The fourth-order valence-electron chi connectivity index (χ4n) is 2.04. The molecule has 0 aliphatic heterocycles. The lowest BCUT2D eigenvalue weighted by atomic mass is 10.3. The third-order valence-corrected chi connectivity index (χ3v) is 3.03. The first-order chi connectivity index (χ1) is 10.5. The van der Waals surface area contributed by atoms with E-state index in [1.54, 1.807) is 0 Å². The van der Waals surface area contributed by atoms with Crippen molar-refractivity contribution in [1.82, 2.24) is 9.55 Å². The van der Waals surface area contributed by atoms with E-state index in [1.807, 2.05) is 0 Å². The number of carbonyl (C=O) groups excluding carboxylic acids is 3. The van der Waals surface area contributed by atoms with Crippen LogP contribution in [0, 0.1) is 0 Å². The molecular weight excluding hydrogens is 292 g/mol. The second-order valence-corrected chi connectivity index (χ2v) is 4.15. The SMILES string of the molecule is COC(=O)c1[nH]ccc1-n1c(C(=O)OC)ccc1C(=O)OC. The molecule has 2 aromatic rings. The fourth-order valence-corrected chi connectivity index (χ4v) is 2.04. The Balaban J connectivity index is 2.69. The molecule has 0 atom stereocenters. The topological polar surface area (TPSA) is 99.6 Å². The van der Waals surface area contributed by atoms with E-state index < -0.39 is 17.9 Å². The monoisotopic (exact) mass is 306 g/mol. The molecule has 0 bridgehead atoms. The summed E-state index contributed by atoms with van der Waals surface area (Å²) in [7, 11) is 3.66. The molecule has 8 heteroatoms. The van der Waals surface area contributed by atoms with Gasteiger partial charge in [-0.05, 0) is 18.2 Å². The van der Waals surface area contributed by atoms with Crippen molar-refractivity contribution in [1.29, 1.82) is 0 Å². The summed E-state index contributed by atoms with van der Waals surface area (Å²) in [4.78, 5) is 38.3. The third-order valence-electron chi connectivity index (χ3n) is 3.03. The smallest absolute Gasteiger partial charge is 0.356 e. The zero-order valence-corrected chi connectivity index (χ0v) is 12.2. The molecule has 2 heterocycles. The summed E-state index contributed by atoms with van der Waals surface area (Å²) in [5.41, 5.74) is 0.520. The summed E-state index contributed by atoms with van der Waals surface area (Å²) in [5, 5.41) is 0. The van der Waals surface area contributed by atoms with Crippen molar-refractivity contribution >= 4 is 17.9 Å². The number of esters is 3. The van der Waals surface area contributed by atoms with Crippen molar-refractivity contribution in [3.05, 3.63) is 41.5 Å². The number of hydrogen-bond donors (Lipinski definition) is 1. The summed E-state index contributed by atoms with van der Waals surface area (Å²) < 4.78 is 15.3. The minimum Gasteiger partial charge on any atom is -0.464 e. The van der Waals surface area contributed by atoms with Crippen LogP contribution >= 0.6 is 0 Å². The number of H-pyrrole nitrogens is 1. The summed E-state index contributed by atoms with van der Waals surface area (Å²) in [6.45, 7) is 0. The highest BCUT2D eigenvalue weighted by Gasteiger charge is 2.25. The second-order valence-electron chi connectivity index (χ2n) is 4.15. The maximum atomic E-state index is 11.9. The number of rotatable bonds is 4. The number of ether oxygens (including phenoxy) is 3. The minimum absolute atomic E-state index is 0.0765. The van der Waals surface area contributed by atoms with Crippen molar-refractivity contribution in [2.24, 2.45) is 0 Å². The Bertz CT molecular complexity index is 694. The van der Waals surface area contributed by atoms with Crippen molar-refractivity contribution < 1.29 is 28.6 Å². The summed E-state index contributed by atoms with van der Waals surface area (Å²) in [5.74, 6) is -1.96. The number of aromatic nitrogens is 2. The molecule has 0 unspecified atom stereocenters. The number of carbonyl (C=O) groups is 3. The van der Waals surface area contributed by atoms with Gasteiger partial charge >= 0.3 is 17.9 Å². The molecule has 116 valence electrons. The quantitative estimate of drug-likeness (QED) is 0.672. The molecule has 0 fully saturated rings. The fraction of sp³-hybridized carbons (Fsp3) is 0.214. The van der Waals surface area contributed by atoms with E-state index in [-0.39, 0.29) is 22.8 Å². The van der Waals surface area contributed by atoms with Crippen molar-refractivity contribution in [2.45, 2.75) is 0 Å². The predicted molar refractivity (Wildman–Crippen MR) is 74.1 cm³/mol. The first-order valence-corrected chi connectivity index (χ1v) is 6.19. The molecule has 2 rings (SSSR count). The average molecular weight is 306 g/mol. The van der Waals surface area contributed by atoms with Crippen LogP contribution in [0.15, 0.2) is 24.4 Å². The van der Waals surface area contributed by atoms with Gasteiger partial charge in [0.25, 0.3) is 0 Å². The normalized spacial score (nSPS) is 10.1. The molecule has 0 saturated carbocycles. The Morgan fingerprint density at radius 2 is 1.36 bits per heavy atom. The molecular formula is C14H14N2O6. The molecule has 8 nitrogen and oxygen atoms in total. The van der Waals surface area contributed by atoms with Gasteiger partial charge in [0.1, 0.15) is 17.1 Å². The van der Waals surface area contributed by atoms with Gasteiger partial charge in [-0.3, -0.25) is 4.57 Å². The highest BCUT2D eigenvalue weighted by molar-refractivity contribution is 5.97. The summed E-state index contributed by atoms with van der Waals surface area (Å²) >= 11 is 0. The number of methoxy groups -OCH3 is 3. The van der Waals surface area contributed by atoms with Crippen LogP contribution in [0.1, 0.15) is 31.5 Å². The van der Waals surface area contributed by atoms with E-state index in [4.69, 9.17) is 9.47 Å². The van der Waals surface area contributed by atoms with Gasteiger partial charge in [-0.15, -0.1) is 0 Å². The molecule has 0 aliphatic rings. The second kappa shape index (κ2) is 6.17. The van der Waals surface area contributed by atoms with Crippen LogP contribution in [0.4, 0.5) is 0 Å². The lowest BCUT2D eigenvalue weighted by molar-refractivity contribution is 0.0568. The van der Waals surface area contributed by atoms with Crippen molar-refractivity contribution in [3.63, 3.8) is 0 Å². The molecule has 0 spiro atoms. The summed E-state index contributed by atoms with van der Waals surface area (Å²) in [6, 6.07) is 4.35. The van der Waals surface area contributed by atoms with Crippen LogP contribution < -0.4 is 0 Å². The van der Waals surface area contributed by atoms with Gasteiger partial charge < -0.3 is 19.2 Å². The Morgan fingerprint density at radius 3 is 1.82 bits per heavy atom. The van der Waals surface area contributed by atoms with Gasteiger partial charge in [0.05, 0.1) is 27.0 Å². The zero-order valence-electron chi connectivity index (χ0n) is 12.2. The Labute approximate surface area is 125 Å². The largest absolute Gasteiger partial charge is 0.464 e. The van der Waals surface area contributed by atoms with E-state index in [9.17, 15) is 14.4 Å². The third kappa shape index (κ3) is 2.46. The first kappa shape index (κ1) is 15.4. The standard InChI is InChI=1S/C14H14N2O6/c1-20-12(17)9-4-5-10(13(18)21-2)16(9)8-6-7-15-11(8)14(19)22-3/h4-7,15H,1-3H3. The minimum atomic E-state index is -0.660. The molecule has 22 heavy (non-hydrogen) atoms. The van der Waals surface area contributed by atoms with E-state index in [1.165, 1.54) is 50.3 Å². The van der Waals surface area contributed by atoms with Crippen LogP contribution in [-0.2, 0) is 14.2 Å². The summed E-state index contributed by atoms with van der Waals surface area (Å²) in [6.07, 6.45) is 1.49. The van der Waals surface area contributed by atoms with Crippen LogP contribution in [0.25, 0.3) is 5.69 Å². The van der Waals surface area contributed by atoms with Crippen molar-refractivity contribution in [2.75, 3.05) is 21.3 Å². The molecule has 0 aliphatic carbocycles. The number of hydrogen-bond acceptors (Lipinski definition) is 6. The van der Waals surface area contributed by atoms with E-state index in [0.29, 0.717) is 0 Å². The molecule has 0 radical (unpaired) electrons. The Morgan fingerprint density at radius 1 is 0.864 bits per heavy atom. The molecule has 1 N–H and O–H groups in total. The van der Waals surface area contributed by atoms with E-state index in [0.717, 1.165) is 0 Å². The van der Waals surface area contributed by atoms with Gasteiger partial charge in [0, 0.05) is 6.20 Å². The van der Waals surface area contributed by atoms with Gasteiger partial charge in [-0.2, -0.15) is 0 Å². The van der Waals surface area contributed by atoms with Gasteiger partial charge in [0.2, 0.25) is 0 Å². The van der Waals surface area contributed by atoms with Crippen LogP contribution in [-0.4, -0.2) is 48.8 Å². The van der Waals surface area contributed by atoms with Crippen LogP contribution in [0.2, 0.25) is 0 Å². The van der Waals surface area contributed by atoms with E-state index >= 15 is 0 Å². The lowest BCUT2D eigenvalue weighted by Crippen LogP contribution is -2.17. The Kier molecular flexibility index (Phi) is 4.31. The molecule has 0 amide bonds. The molecule has 2 aromatic heterocycles. The number of nitrogens with zero attached hydrogens (tertiary/aromatic N) is 1. The highest BCUT2D eigenvalue weighted by atomic mass is 16.5. The molecule has 0 saturated heterocycles. The zero-order chi connectivity index (χ0) is 16.3. The van der Waals surface area contributed by atoms with Crippen molar-refractivity contribution in [3.8, 4) is 5.69 Å². The van der Waals surface area contributed by atoms with E-state index in [2.05, 4.69) is 9.72 Å². The maximum Gasteiger partial charge on any atom is 0.356 e. The number of nitrogens with one attached hydrogen (secondary N) is 1.